The van der Waals surface area contributed by atoms with Gasteiger partial charge in [0.25, 0.3) is 5.56 Å². The molecule has 0 radical (unpaired) electrons. The Bertz CT molecular complexity index is 1710. The lowest BCUT2D eigenvalue weighted by Crippen LogP contribution is -2.20. The Balaban J connectivity index is 1.59. The van der Waals surface area contributed by atoms with E-state index in [4.69, 9.17) is 21.3 Å². The van der Waals surface area contributed by atoms with Crippen molar-refractivity contribution in [2.24, 2.45) is 5.10 Å². The highest BCUT2D eigenvalue weighted by Gasteiger charge is 2.14. The molecule has 4 aromatic carbocycles. The van der Waals surface area contributed by atoms with Gasteiger partial charge in [-0.3, -0.25) is 4.79 Å². The molecule has 0 aliphatic rings. The summed E-state index contributed by atoms with van der Waals surface area (Å²) in [6.07, 6.45) is 1.56. The third-order valence-corrected chi connectivity index (χ3v) is 7.56. The first kappa shape index (κ1) is 25.9. The summed E-state index contributed by atoms with van der Waals surface area (Å²) in [6, 6.07) is 26.1. The maximum Gasteiger partial charge on any atom is 0.282 e. The molecule has 9 heteroatoms. The molecule has 5 rings (SSSR count). The van der Waals surface area contributed by atoms with Gasteiger partial charge in [-0.15, -0.1) is 0 Å². The fourth-order valence-electron chi connectivity index (χ4n) is 3.74. The molecule has 184 valence electrons. The normalized spacial score (nSPS) is 11.4. The SMILES string of the molecule is O=c1c2ccccc2nc(-c2ccccc2)n1N=Cc1cc(Cl)cc(Br)c1OCc1ccc(Br)cc1Br. The first-order valence-corrected chi connectivity index (χ1v) is 13.8. The van der Waals surface area contributed by atoms with Crippen LogP contribution in [0.2, 0.25) is 5.02 Å². The second kappa shape index (κ2) is 11.3. The highest BCUT2D eigenvalue weighted by molar-refractivity contribution is 9.11. The standard InChI is InChI=1S/C28H17Br3ClN3O2/c29-20-11-10-18(23(30)13-20)16-37-26-19(12-21(32)14-24(26)31)15-33-35-27(17-6-2-1-3-7-17)34-25-9-5-4-8-22(25)28(35)36/h1-15H,16H2. The summed E-state index contributed by atoms with van der Waals surface area (Å²) in [7, 11) is 0. The van der Waals surface area contributed by atoms with Crippen LogP contribution in [0.4, 0.5) is 0 Å². The van der Waals surface area contributed by atoms with Gasteiger partial charge >= 0.3 is 0 Å². The van der Waals surface area contributed by atoms with E-state index >= 15 is 0 Å². The number of para-hydroxylation sites is 1. The van der Waals surface area contributed by atoms with Gasteiger partial charge in [0, 0.05) is 30.7 Å². The van der Waals surface area contributed by atoms with Crippen molar-refractivity contribution in [3.63, 3.8) is 0 Å². The number of hydrogen-bond acceptors (Lipinski definition) is 4. The van der Waals surface area contributed by atoms with Crippen molar-refractivity contribution < 1.29 is 4.74 Å². The van der Waals surface area contributed by atoms with Crippen LogP contribution in [0.1, 0.15) is 11.1 Å². The van der Waals surface area contributed by atoms with Gasteiger partial charge in [0.1, 0.15) is 12.4 Å². The molecule has 0 saturated heterocycles. The molecule has 0 fully saturated rings. The lowest BCUT2D eigenvalue weighted by molar-refractivity contribution is 0.303. The van der Waals surface area contributed by atoms with Crippen molar-refractivity contribution in [3.05, 3.63) is 125 Å². The molecule has 1 heterocycles. The third kappa shape index (κ3) is 5.72. The molecule has 0 aliphatic heterocycles. The van der Waals surface area contributed by atoms with E-state index in [1.165, 1.54) is 4.68 Å². The molecular formula is C28H17Br3ClN3O2. The number of halogens is 4. The molecule has 5 nitrogen and oxygen atoms in total. The van der Waals surface area contributed by atoms with Crippen LogP contribution in [0.5, 0.6) is 5.75 Å². The molecule has 37 heavy (non-hydrogen) atoms. The third-order valence-electron chi connectivity index (χ3n) is 5.52. The topological polar surface area (TPSA) is 56.5 Å². The maximum atomic E-state index is 13.5. The largest absolute Gasteiger partial charge is 0.487 e. The Hall–Kier alpha value is -2.78. The Labute approximate surface area is 243 Å². The van der Waals surface area contributed by atoms with Crippen LogP contribution in [-0.2, 0) is 6.61 Å². The zero-order valence-electron chi connectivity index (χ0n) is 19.0. The zero-order chi connectivity index (χ0) is 25.9. The summed E-state index contributed by atoms with van der Waals surface area (Å²) in [5.41, 5.74) is 2.67. The Morgan fingerprint density at radius 1 is 0.919 bits per heavy atom. The van der Waals surface area contributed by atoms with E-state index in [1.807, 2.05) is 66.7 Å². The molecule has 0 saturated carbocycles. The number of benzene rings is 4. The van der Waals surface area contributed by atoms with Crippen LogP contribution in [0.3, 0.4) is 0 Å². The van der Waals surface area contributed by atoms with Gasteiger partial charge in [-0.25, -0.2) is 4.98 Å². The molecule has 0 atom stereocenters. The Morgan fingerprint density at radius 3 is 2.46 bits per heavy atom. The fraction of sp³-hybridized carbons (Fsp3) is 0.0357. The van der Waals surface area contributed by atoms with Gasteiger partial charge in [0.05, 0.1) is 21.6 Å². The van der Waals surface area contributed by atoms with Gasteiger partial charge in [-0.1, -0.05) is 92.0 Å². The minimum atomic E-state index is -0.275. The number of nitrogens with zero attached hydrogens (tertiary/aromatic N) is 3. The molecule has 0 N–H and O–H groups in total. The van der Waals surface area contributed by atoms with Crippen LogP contribution in [-0.4, -0.2) is 15.9 Å². The van der Waals surface area contributed by atoms with Crippen molar-refractivity contribution in [1.82, 2.24) is 9.66 Å². The van der Waals surface area contributed by atoms with Gasteiger partial charge in [0.2, 0.25) is 0 Å². The monoisotopic (exact) mass is 699 g/mol. The van der Waals surface area contributed by atoms with E-state index in [0.29, 0.717) is 44.1 Å². The van der Waals surface area contributed by atoms with E-state index in [0.717, 1.165) is 20.1 Å². The average molecular weight is 703 g/mol. The summed E-state index contributed by atoms with van der Waals surface area (Å²) in [4.78, 5) is 18.2. The molecule has 0 amide bonds. The summed E-state index contributed by atoms with van der Waals surface area (Å²) in [5.74, 6) is 0.980. The fourth-order valence-corrected chi connectivity index (χ4v) is 5.85. The highest BCUT2D eigenvalue weighted by Crippen LogP contribution is 2.33. The minimum absolute atomic E-state index is 0.275. The minimum Gasteiger partial charge on any atom is -0.487 e. The molecule has 0 aliphatic carbocycles. The summed E-state index contributed by atoms with van der Waals surface area (Å²) < 4.78 is 10.0. The number of rotatable bonds is 6. The van der Waals surface area contributed by atoms with E-state index in [1.54, 1.807) is 24.4 Å². The van der Waals surface area contributed by atoms with Crippen molar-refractivity contribution >= 4 is 76.5 Å². The second-order valence-corrected chi connectivity index (χ2v) is 11.1. The van der Waals surface area contributed by atoms with E-state index in [-0.39, 0.29) is 5.56 Å². The van der Waals surface area contributed by atoms with Crippen molar-refractivity contribution in [1.29, 1.82) is 0 Å². The quantitative estimate of drug-likeness (QED) is 0.167. The van der Waals surface area contributed by atoms with Crippen molar-refractivity contribution in [2.45, 2.75) is 6.61 Å². The number of fused-ring (bicyclic) bond motifs is 1. The summed E-state index contributed by atoms with van der Waals surface area (Å²) in [6.45, 7) is 0.307. The van der Waals surface area contributed by atoms with Crippen LogP contribution >= 0.6 is 59.4 Å². The lowest BCUT2D eigenvalue weighted by Gasteiger charge is -2.14. The Kier molecular flexibility index (Phi) is 7.90. The highest BCUT2D eigenvalue weighted by atomic mass is 79.9. The first-order valence-electron chi connectivity index (χ1n) is 11.1. The number of ether oxygens (including phenoxy) is 1. The van der Waals surface area contributed by atoms with E-state index < -0.39 is 0 Å². The van der Waals surface area contributed by atoms with Crippen molar-refractivity contribution in [3.8, 4) is 17.1 Å². The molecule has 5 aromatic rings. The van der Waals surface area contributed by atoms with E-state index in [2.05, 4.69) is 52.9 Å². The second-order valence-electron chi connectivity index (χ2n) is 8.01. The maximum absolute atomic E-state index is 13.5. The first-order chi connectivity index (χ1) is 17.9. The van der Waals surface area contributed by atoms with E-state index in [9.17, 15) is 4.79 Å². The number of hydrogen-bond donors (Lipinski definition) is 0. The summed E-state index contributed by atoms with van der Waals surface area (Å²) in [5, 5.41) is 5.54. The zero-order valence-corrected chi connectivity index (χ0v) is 24.6. The predicted molar refractivity (Wildman–Crippen MR) is 160 cm³/mol. The van der Waals surface area contributed by atoms with Crippen LogP contribution in [0, 0.1) is 0 Å². The lowest BCUT2D eigenvalue weighted by atomic mass is 10.2. The van der Waals surface area contributed by atoms with Gasteiger partial charge in [-0.2, -0.15) is 9.78 Å². The molecular weight excluding hydrogens is 685 g/mol. The molecule has 0 bridgehead atoms. The number of aromatic nitrogens is 2. The van der Waals surface area contributed by atoms with Crippen LogP contribution in [0.25, 0.3) is 22.3 Å². The Morgan fingerprint density at radius 2 is 1.68 bits per heavy atom. The van der Waals surface area contributed by atoms with Gasteiger partial charge in [-0.05, 0) is 52.3 Å². The van der Waals surface area contributed by atoms with Crippen LogP contribution in [0.15, 0.2) is 108 Å². The van der Waals surface area contributed by atoms with Crippen molar-refractivity contribution in [2.75, 3.05) is 0 Å². The summed E-state index contributed by atoms with van der Waals surface area (Å²) >= 11 is 17.0. The molecule has 0 unspecified atom stereocenters. The van der Waals surface area contributed by atoms with Gasteiger partial charge in [0.15, 0.2) is 5.82 Å². The van der Waals surface area contributed by atoms with Gasteiger partial charge < -0.3 is 4.74 Å². The molecule has 0 spiro atoms. The molecule has 1 aromatic heterocycles. The van der Waals surface area contributed by atoms with Crippen LogP contribution < -0.4 is 10.3 Å². The smallest absolute Gasteiger partial charge is 0.282 e. The average Bonchev–Trinajstić information content (AvgIpc) is 2.89. The predicted octanol–water partition coefficient (Wildman–Crippen LogP) is 8.47.